The van der Waals surface area contributed by atoms with Crippen molar-refractivity contribution < 1.29 is 9.50 Å². The molecule has 1 rings (SSSR count). The molecule has 0 aliphatic carbocycles. The molecule has 0 aromatic heterocycles. The number of aliphatic hydroxyl groups is 1. The Hall–Kier alpha value is -0.410. The van der Waals surface area contributed by atoms with Gasteiger partial charge in [0.2, 0.25) is 0 Å². The second-order valence-electron chi connectivity index (χ2n) is 3.00. The molecular weight excluding hydrogens is 235 g/mol. The molecule has 0 spiro atoms. The molecule has 0 saturated heterocycles. The number of rotatable bonds is 3. The van der Waals surface area contributed by atoms with E-state index < -0.39 is 0 Å². The molecule has 3 heteroatoms. The van der Waals surface area contributed by atoms with Crippen LogP contribution in [0.3, 0.4) is 0 Å². The number of aliphatic hydroxyl groups excluding tert-OH is 1. The van der Waals surface area contributed by atoms with Crippen LogP contribution in [-0.2, 0) is 6.42 Å². The van der Waals surface area contributed by atoms with Gasteiger partial charge in [0.25, 0.3) is 0 Å². The Bertz CT molecular complexity index is 299. The first-order valence-electron chi connectivity index (χ1n) is 4.21. The van der Waals surface area contributed by atoms with Crippen molar-refractivity contribution in [2.45, 2.75) is 19.8 Å². The molecule has 72 valence electrons. The molecule has 0 amide bonds. The number of aryl methyl sites for hydroxylation is 2. The fourth-order valence-corrected chi connectivity index (χ4v) is 1.79. The molecule has 0 radical (unpaired) electrons. The van der Waals surface area contributed by atoms with Gasteiger partial charge < -0.3 is 5.11 Å². The Morgan fingerprint density at radius 2 is 2.15 bits per heavy atom. The van der Waals surface area contributed by atoms with Crippen LogP contribution in [0.1, 0.15) is 17.5 Å². The van der Waals surface area contributed by atoms with E-state index in [9.17, 15) is 4.39 Å². The summed E-state index contributed by atoms with van der Waals surface area (Å²) >= 11 is 3.20. The molecule has 1 aromatic carbocycles. The standard InChI is InChI=1S/C10H12BrFO/c1-7-4-5-8(3-2-6-13)9(11)10(7)12/h4-5,13H,2-3,6H2,1H3. The van der Waals surface area contributed by atoms with Gasteiger partial charge in [-0.1, -0.05) is 12.1 Å². The van der Waals surface area contributed by atoms with Crippen molar-refractivity contribution in [3.8, 4) is 0 Å². The average molecular weight is 247 g/mol. The summed E-state index contributed by atoms with van der Waals surface area (Å²) in [6, 6.07) is 3.64. The van der Waals surface area contributed by atoms with Gasteiger partial charge in [-0.15, -0.1) is 0 Å². The third-order valence-electron chi connectivity index (χ3n) is 1.96. The van der Waals surface area contributed by atoms with Gasteiger partial charge in [-0.25, -0.2) is 4.39 Å². The van der Waals surface area contributed by atoms with E-state index in [1.54, 1.807) is 13.0 Å². The van der Waals surface area contributed by atoms with Crippen LogP contribution in [0.4, 0.5) is 4.39 Å². The number of hydrogen-bond donors (Lipinski definition) is 1. The predicted octanol–water partition coefficient (Wildman–Crippen LogP) is 2.82. The maximum absolute atomic E-state index is 13.3. The average Bonchev–Trinajstić information content (AvgIpc) is 2.13. The van der Waals surface area contributed by atoms with Crippen molar-refractivity contribution in [3.05, 3.63) is 33.5 Å². The first-order chi connectivity index (χ1) is 6.16. The zero-order chi connectivity index (χ0) is 9.84. The van der Waals surface area contributed by atoms with Crippen molar-refractivity contribution in [2.75, 3.05) is 6.61 Å². The van der Waals surface area contributed by atoms with E-state index in [-0.39, 0.29) is 12.4 Å². The fraction of sp³-hybridized carbons (Fsp3) is 0.400. The zero-order valence-corrected chi connectivity index (χ0v) is 9.07. The summed E-state index contributed by atoms with van der Waals surface area (Å²) < 4.78 is 13.8. The summed E-state index contributed by atoms with van der Waals surface area (Å²) in [4.78, 5) is 0. The van der Waals surface area contributed by atoms with Crippen LogP contribution < -0.4 is 0 Å². The van der Waals surface area contributed by atoms with Crippen LogP contribution in [0.25, 0.3) is 0 Å². The lowest BCUT2D eigenvalue weighted by Gasteiger charge is -2.06. The van der Waals surface area contributed by atoms with Crippen molar-refractivity contribution in [1.82, 2.24) is 0 Å². The molecule has 0 atom stereocenters. The Morgan fingerprint density at radius 3 is 2.77 bits per heavy atom. The van der Waals surface area contributed by atoms with Crippen LogP contribution in [0.5, 0.6) is 0 Å². The summed E-state index contributed by atoms with van der Waals surface area (Å²) in [5.41, 5.74) is 1.55. The fourth-order valence-electron chi connectivity index (χ4n) is 1.15. The second-order valence-corrected chi connectivity index (χ2v) is 3.79. The van der Waals surface area contributed by atoms with E-state index in [1.165, 1.54) is 0 Å². The molecule has 0 saturated carbocycles. The summed E-state index contributed by atoms with van der Waals surface area (Å²) in [7, 11) is 0. The van der Waals surface area contributed by atoms with E-state index in [0.29, 0.717) is 22.9 Å². The number of hydrogen-bond acceptors (Lipinski definition) is 1. The normalized spacial score (nSPS) is 10.5. The van der Waals surface area contributed by atoms with E-state index in [2.05, 4.69) is 15.9 Å². The lowest BCUT2D eigenvalue weighted by molar-refractivity contribution is 0.288. The highest BCUT2D eigenvalue weighted by atomic mass is 79.9. The van der Waals surface area contributed by atoms with Gasteiger partial charge in [0, 0.05) is 6.61 Å². The number of benzene rings is 1. The van der Waals surface area contributed by atoms with Gasteiger partial charge in [0.15, 0.2) is 0 Å². The summed E-state index contributed by atoms with van der Waals surface area (Å²) in [5, 5.41) is 8.63. The van der Waals surface area contributed by atoms with Crippen LogP contribution >= 0.6 is 15.9 Å². The molecular formula is C10H12BrFO. The molecule has 1 N–H and O–H groups in total. The molecule has 0 heterocycles. The molecule has 0 fully saturated rings. The zero-order valence-electron chi connectivity index (χ0n) is 7.48. The molecule has 13 heavy (non-hydrogen) atoms. The lowest BCUT2D eigenvalue weighted by Crippen LogP contribution is -1.94. The topological polar surface area (TPSA) is 20.2 Å². The Labute approximate surface area is 85.7 Å². The van der Waals surface area contributed by atoms with Gasteiger partial charge in [-0.3, -0.25) is 0 Å². The summed E-state index contributed by atoms with van der Waals surface area (Å²) in [5.74, 6) is -0.199. The van der Waals surface area contributed by atoms with Gasteiger partial charge in [-0.05, 0) is 46.8 Å². The molecule has 0 bridgehead atoms. The van der Waals surface area contributed by atoms with Gasteiger partial charge in [-0.2, -0.15) is 0 Å². The molecule has 0 aliphatic heterocycles. The third-order valence-corrected chi connectivity index (χ3v) is 2.82. The second kappa shape index (κ2) is 4.72. The smallest absolute Gasteiger partial charge is 0.140 e. The molecule has 0 unspecified atom stereocenters. The predicted molar refractivity (Wildman–Crippen MR) is 54.2 cm³/mol. The minimum absolute atomic E-state index is 0.141. The first-order valence-corrected chi connectivity index (χ1v) is 5.00. The largest absolute Gasteiger partial charge is 0.396 e. The summed E-state index contributed by atoms with van der Waals surface area (Å²) in [6.45, 7) is 1.87. The third kappa shape index (κ3) is 2.51. The van der Waals surface area contributed by atoms with Crippen LogP contribution in [-0.4, -0.2) is 11.7 Å². The van der Waals surface area contributed by atoms with E-state index >= 15 is 0 Å². The Kier molecular flexibility index (Phi) is 3.88. The minimum Gasteiger partial charge on any atom is -0.396 e. The van der Waals surface area contributed by atoms with Crippen LogP contribution in [0.2, 0.25) is 0 Å². The lowest BCUT2D eigenvalue weighted by atomic mass is 10.1. The highest BCUT2D eigenvalue weighted by molar-refractivity contribution is 9.10. The monoisotopic (exact) mass is 246 g/mol. The van der Waals surface area contributed by atoms with Crippen LogP contribution in [0.15, 0.2) is 16.6 Å². The molecule has 1 nitrogen and oxygen atoms in total. The SMILES string of the molecule is Cc1ccc(CCCO)c(Br)c1F. The van der Waals surface area contributed by atoms with E-state index in [4.69, 9.17) is 5.11 Å². The quantitative estimate of drug-likeness (QED) is 0.870. The van der Waals surface area contributed by atoms with Crippen molar-refractivity contribution in [2.24, 2.45) is 0 Å². The van der Waals surface area contributed by atoms with Crippen LogP contribution in [0, 0.1) is 12.7 Å². The van der Waals surface area contributed by atoms with Crippen molar-refractivity contribution in [1.29, 1.82) is 0 Å². The highest BCUT2D eigenvalue weighted by Gasteiger charge is 2.07. The van der Waals surface area contributed by atoms with E-state index in [0.717, 1.165) is 5.56 Å². The van der Waals surface area contributed by atoms with E-state index in [1.807, 2.05) is 6.07 Å². The molecule has 1 aromatic rings. The van der Waals surface area contributed by atoms with Gasteiger partial charge in [0.05, 0.1) is 4.47 Å². The minimum atomic E-state index is -0.199. The number of halogens is 2. The highest BCUT2D eigenvalue weighted by Crippen LogP contribution is 2.24. The van der Waals surface area contributed by atoms with Gasteiger partial charge >= 0.3 is 0 Å². The maximum atomic E-state index is 13.3. The van der Waals surface area contributed by atoms with Gasteiger partial charge in [0.1, 0.15) is 5.82 Å². The van der Waals surface area contributed by atoms with Crippen molar-refractivity contribution >= 4 is 15.9 Å². The Morgan fingerprint density at radius 1 is 1.46 bits per heavy atom. The summed E-state index contributed by atoms with van der Waals surface area (Å²) in [6.07, 6.45) is 1.37. The maximum Gasteiger partial charge on any atom is 0.140 e. The molecule has 0 aliphatic rings. The van der Waals surface area contributed by atoms with Crippen molar-refractivity contribution in [3.63, 3.8) is 0 Å². The Balaban J connectivity index is 2.90. The first kappa shape index (κ1) is 10.7.